The molecule has 1 aliphatic heterocycles. The van der Waals surface area contributed by atoms with E-state index in [9.17, 15) is 35.9 Å². The minimum absolute atomic E-state index is 0.00523. The van der Waals surface area contributed by atoms with Crippen LogP contribution in [0.5, 0.6) is 0 Å². The number of rotatable bonds is 4. The monoisotopic (exact) mass is 510 g/mol. The molecule has 0 saturated carbocycles. The molecular formula is C25H20F6N2O3. The molecule has 0 fully saturated rings. The van der Waals surface area contributed by atoms with Gasteiger partial charge < -0.3 is 14.2 Å². The van der Waals surface area contributed by atoms with Crippen molar-refractivity contribution in [3.63, 3.8) is 0 Å². The lowest BCUT2D eigenvalue weighted by Gasteiger charge is -2.41. The molecule has 5 nitrogen and oxygen atoms in total. The van der Waals surface area contributed by atoms with Crippen LogP contribution in [-0.2, 0) is 23.7 Å². The lowest BCUT2D eigenvalue weighted by molar-refractivity contribution is -0.143. The fourth-order valence-electron chi connectivity index (χ4n) is 4.46. The largest absolute Gasteiger partial charge is 0.467 e. The van der Waals surface area contributed by atoms with Crippen LogP contribution in [0.25, 0.3) is 0 Å². The van der Waals surface area contributed by atoms with E-state index < -0.39 is 52.8 Å². The minimum Gasteiger partial charge on any atom is -0.467 e. The van der Waals surface area contributed by atoms with E-state index in [1.807, 2.05) is 0 Å². The van der Waals surface area contributed by atoms with Crippen molar-refractivity contribution in [1.29, 1.82) is 0 Å². The normalized spacial score (nSPS) is 18.2. The number of benzene rings is 2. The minimum atomic E-state index is -5.08. The van der Waals surface area contributed by atoms with Crippen molar-refractivity contribution in [3.05, 3.63) is 94.4 Å². The zero-order valence-corrected chi connectivity index (χ0v) is 19.0. The molecule has 1 aromatic heterocycles. The fourth-order valence-corrected chi connectivity index (χ4v) is 4.46. The third-order valence-corrected chi connectivity index (χ3v) is 6.15. The maximum Gasteiger partial charge on any atom is 0.416 e. The molecule has 0 aliphatic carbocycles. The Morgan fingerprint density at radius 1 is 0.972 bits per heavy atom. The Kier molecular flexibility index (Phi) is 6.36. The van der Waals surface area contributed by atoms with Crippen LogP contribution in [0.15, 0.2) is 65.3 Å². The summed E-state index contributed by atoms with van der Waals surface area (Å²) < 4.78 is 86.7. The molecule has 11 heteroatoms. The van der Waals surface area contributed by atoms with E-state index in [1.54, 1.807) is 24.3 Å². The summed E-state index contributed by atoms with van der Waals surface area (Å²) in [6.07, 6.45) is -8.76. The lowest BCUT2D eigenvalue weighted by atomic mass is 9.78. The number of amides is 2. The first-order valence-electron chi connectivity index (χ1n) is 10.7. The van der Waals surface area contributed by atoms with Gasteiger partial charge >= 0.3 is 12.4 Å². The molecule has 2 amide bonds. The number of hydrogen-bond donors (Lipinski definition) is 0. The molecule has 2 atom stereocenters. The molecule has 0 bridgehead atoms. The highest BCUT2D eigenvalue weighted by molar-refractivity contribution is 6.01. The summed E-state index contributed by atoms with van der Waals surface area (Å²) in [7, 11) is 2.69. The van der Waals surface area contributed by atoms with Crippen LogP contribution >= 0.6 is 0 Å². The Morgan fingerprint density at radius 2 is 1.58 bits per heavy atom. The van der Waals surface area contributed by atoms with Crippen LogP contribution in [-0.4, -0.2) is 35.7 Å². The second-order valence-electron chi connectivity index (χ2n) is 8.54. The summed E-state index contributed by atoms with van der Waals surface area (Å²) in [6, 6.07) is 8.99. The summed E-state index contributed by atoms with van der Waals surface area (Å²) in [4.78, 5) is 29.1. The number of furan rings is 1. The van der Waals surface area contributed by atoms with Crippen LogP contribution in [0, 0.1) is 0 Å². The van der Waals surface area contributed by atoms with Crippen LogP contribution < -0.4 is 0 Å². The predicted molar refractivity (Wildman–Crippen MR) is 116 cm³/mol. The molecule has 0 spiro atoms. The fraction of sp³-hybridized carbons (Fsp3) is 0.280. The molecule has 2 unspecified atom stereocenters. The second kappa shape index (κ2) is 9.03. The zero-order valence-electron chi connectivity index (χ0n) is 19.0. The first kappa shape index (κ1) is 25.3. The van der Waals surface area contributed by atoms with Gasteiger partial charge in [0.15, 0.2) is 0 Å². The maximum absolute atomic E-state index is 13.7. The van der Waals surface area contributed by atoms with Crippen molar-refractivity contribution in [2.24, 2.45) is 0 Å². The molecule has 1 aliphatic rings. The standard InChI is InChI=1S/C25H20F6N2O3/c1-32(13-17-6-5-9-36-17)23(35)20-18-7-3-4-8-19(18)22(34)33(2)21(20)14-10-15(24(26,27)28)12-16(11-14)25(29,30)31/h3-12,20-21H,13H2,1-2H3. The summed E-state index contributed by atoms with van der Waals surface area (Å²) in [5, 5.41) is 0. The van der Waals surface area contributed by atoms with Crippen molar-refractivity contribution >= 4 is 11.8 Å². The molecule has 0 N–H and O–H groups in total. The van der Waals surface area contributed by atoms with Gasteiger partial charge in [0.1, 0.15) is 5.76 Å². The lowest BCUT2D eigenvalue weighted by Crippen LogP contribution is -2.46. The van der Waals surface area contributed by atoms with Gasteiger partial charge in [-0.3, -0.25) is 9.59 Å². The summed E-state index contributed by atoms with van der Waals surface area (Å²) in [5.41, 5.74) is -3.14. The average Bonchev–Trinajstić information content (AvgIpc) is 3.32. The molecule has 2 heterocycles. The number of nitrogens with zero attached hydrogens (tertiary/aromatic N) is 2. The SMILES string of the molecule is CN(Cc1ccco1)C(=O)C1c2ccccc2C(=O)N(C)C1c1cc(C(F)(F)F)cc(C(F)(F)F)c1. The Balaban J connectivity index is 1.90. The molecule has 190 valence electrons. The number of carbonyl (C=O) groups is 2. The highest BCUT2D eigenvalue weighted by atomic mass is 19.4. The van der Waals surface area contributed by atoms with E-state index in [4.69, 9.17) is 4.42 Å². The van der Waals surface area contributed by atoms with Gasteiger partial charge in [0, 0.05) is 19.7 Å². The molecule has 4 rings (SSSR count). The first-order valence-corrected chi connectivity index (χ1v) is 10.7. The van der Waals surface area contributed by atoms with Gasteiger partial charge in [-0.25, -0.2) is 0 Å². The Labute approximate surface area is 201 Å². The average molecular weight is 510 g/mol. The van der Waals surface area contributed by atoms with Gasteiger partial charge in [0.25, 0.3) is 5.91 Å². The number of halogens is 6. The maximum atomic E-state index is 13.7. The van der Waals surface area contributed by atoms with Gasteiger partial charge in [-0.2, -0.15) is 26.3 Å². The predicted octanol–water partition coefficient (Wildman–Crippen LogP) is 5.89. The number of fused-ring (bicyclic) bond motifs is 1. The van der Waals surface area contributed by atoms with Crippen LogP contribution in [0.2, 0.25) is 0 Å². The topological polar surface area (TPSA) is 53.8 Å². The number of alkyl halides is 6. The van der Waals surface area contributed by atoms with E-state index in [1.165, 1.54) is 37.4 Å². The third kappa shape index (κ3) is 4.69. The molecule has 3 aromatic rings. The van der Waals surface area contributed by atoms with Crippen molar-refractivity contribution in [2.45, 2.75) is 30.9 Å². The van der Waals surface area contributed by atoms with Crippen molar-refractivity contribution in [2.75, 3.05) is 14.1 Å². The van der Waals surface area contributed by atoms with Crippen molar-refractivity contribution < 1.29 is 40.3 Å². The Bertz CT molecular complexity index is 1250. The molecule has 2 aromatic carbocycles. The zero-order chi connectivity index (χ0) is 26.4. The van der Waals surface area contributed by atoms with E-state index in [0.717, 1.165) is 4.90 Å². The highest BCUT2D eigenvalue weighted by Gasteiger charge is 2.45. The van der Waals surface area contributed by atoms with Crippen molar-refractivity contribution in [3.8, 4) is 0 Å². The van der Waals surface area contributed by atoms with E-state index >= 15 is 0 Å². The van der Waals surface area contributed by atoms with E-state index in [0.29, 0.717) is 17.9 Å². The Morgan fingerprint density at radius 3 is 2.14 bits per heavy atom. The Hall–Kier alpha value is -3.76. The number of likely N-dealkylation sites (N-methyl/N-ethyl adjacent to an activating group) is 2. The van der Waals surface area contributed by atoms with Crippen LogP contribution in [0.4, 0.5) is 26.3 Å². The smallest absolute Gasteiger partial charge is 0.416 e. The quantitative estimate of drug-likeness (QED) is 0.412. The number of carbonyl (C=O) groups excluding carboxylic acids is 2. The second-order valence-corrected chi connectivity index (χ2v) is 8.54. The van der Waals surface area contributed by atoms with Crippen molar-refractivity contribution in [1.82, 2.24) is 9.80 Å². The highest BCUT2D eigenvalue weighted by Crippen LogP contribution is 2.46. The molecular weight excluding hydrogens is 490 g/mol. The van der Waals surface area contributed by atoms with Gasteiger partial charge in [0.05, 0.1) is 35.9 Å². The number of hydrogen-bond acceptors (Lipinski definition) is 3. The van der Waals surface area contributed by atoms with Crippen LogP contribution in [0.3, 0.4) is 0 Å². The van der Waals surface area contributed by atoms with Gasteiger partial charge in [-0.05, 0) is 47.5 Å². The summed E-state index contributed by atoms with van der Waals surface area (Å²) in [5.74, 6) is -2.07. The molecule has 0 saturated heterocycles. The van der Waals surface area contributed by atoms with Gasteiger partial charge in [-0.1, -0.05) is 18.2 Å². The van der Waals surface area contributed by atoms with Gasteiger partial charge in [0.2, 0.25) is 5.91 Å². The first-order chi connectivity index (χ1) is 16.8. The third-order valence-electron chi connectivity index (χ3n) is 6.15. The van der Waals surface area contributed by atoms with E-state index in [-0.39, 0.29) is 23.7 Å². The van der Waals surface area contributed by atoms with E-state index in [2.05, 4.69) is 0 Å². The molecule has 36 heavy (non-hydrogen) atoms. The molecule has 0 radical (unpaired) electrons. The van der Waals surface area contributed by atoms with Gasteiger partial charge in [-0.15, -0.1) is 0 Å². The summed E-state index contributed by atoms with van der Waals surface area (Å²) >= 11 is 0. The summed E-state index contributed by atoms with van der Waals surface area (Å²) in [6.45, 7) is 0.00523. The van der Waals surface area contributed by atoms with Crippen LogP contribution in [0.1, 0.15) is 50.3 Å².